The molecule has 0 aliphatic heterocycles. The van der Waals surface area contributed by atoms with Crippen LogP contribution in [0, 0.1) is 0 Å². The molecule has 0 fully saturated rings. The highest BCUT2D eigenvalue weighted by Gasteiger charge is 1.89. The second kappa shape index (κ2) is 1.22. The lowest BCUT2D eigenvalue weighted by molar-refractivity contribution is 0.586. The predicted octanol–water partition coefficient (Wildman–Crippen LogP) is -1.62. The lowest BCUT2D eigenvalue weighted by Gasteiger charge is -1.88. The molecule has 0 aromatic heterocycles. The molecular formula is H7N2OPSi. The lowest BCUT2D eigenvalue weighted by Crippen LogP contribution is -2.02. The van der Waals surface area contributed by atoms with Gasteiger partial charge in [-0.05, 0) is 0 Å². The van der Waals surface area contributed by atoms with E-state index in [1.807, 2.05) is 0 Å². The second-order valence-electron chi connectivity index (χ2n) is 1.06. The van der Waals surface area contributed by atoms with E-state index in [9.17, 15) is 4.57 Å². The molecule has 0 unspecified atom stereocenters. The normalized spacial score (nSPS) is 12.4. The van der Waals surface area contributed by atoms with E-state index in [4.69, 9.17) is 11.0 Å². The largest absolute Gasteiger partial charge is 0.297 e. The molecule has 0 aromatic rings. The highest BCUT2D eigenvalue weighted by molar-refractivity contribution is 7.83. The highest BCUT2D eigenvalue weighted by atomic mass is 31.4. The summed E-state index contributed by atoms with van der Waals surface area (Å²) in [6.45, 7) is -2.50. The minimum absolute atomic E-state index is 0.419. The van der Waals surface area contributed by atoms with E-state index >= 15 is 0 Å². The van der Waals surface area contributed by atoms with Crippen LogP contribution in [0.4, 0.5) is 0 Å². The van der Waals surface area contributed by atoms with Gasteiger partial charge in [0.15, 0.2) is 6.99 Å². The first-order chi connectivity index (χ1) is 2.00. The molecule has 3 nitrogen and oxygen atoms in total. The molecule has 0 aromatic carbocycles. The van der Waals surface area contributed by atoms with Crippen molar-refractivity contribution in [1.29, 1.82) is 0 Å². The van der Waals surface area contributed by atoms with Gasteiger partial charge in [-0.1, -0.05) is 0 Å². The number of rotatable bonds is 0. The Labute approximate surface area is 33.5 Å². The van der Waals surface area contributed by atoms with Crippen LogP contribution in [-0.4, -0.2) is 9.91 Å². The van der Waals surface area contributed by atoms with E-state index in [0.717, 1.165) is 0 Å². The van der Waals surface area contributed by atoms with E-state index in [1.54, 1.807) is 0 Å². The average Bonchev–Trinajstić information content (AvgIpc) is 0.722. The molecule has 0 heterocycles. The van der Waals surface area contributed by atoms with Gasteiger partial charge < -0.3 is 0 Å². The molecule has 0 bridgehead atoms. The summed E-state index contributed by atoms with van der Waals surface area (Å²) in [5, 5.41) is 0. The van der Waals surface area contributed by atoms with Gasteiger partial charge in [0.2, 0.25) is 0 Å². The van der Waals surface area contributed by atoms with E-state index in [0.29, 0.717) is 9.91 Å². The van der Waals surface area contributed by atoms with Gasteiger partial charge in [0, 0.05) is 0 Å². The van der Waals surface area contributed by atoms with Crippen LogP contribution in [0.15, 0.2) is 0 Å². The molecule has 32 valence electrons. The van der Waals surface area contributed by atoms with Gasteiger partial charge in [-0.3, -0.25) is 15.6 Å². The molecule has 0 spiro atoms. The van der Waals surface area contributed by atoms with E-state index in [1.165, 1.54) is 0 Å². The zero-order valence-corrected chi connectivity index (χ0v) is 5.90. The lowest BCUT2D eigenvalue weighted by atomic mass is 13.9. The highest BCUT2D eigenvalue weighted by Crippen LogP contribution is 2.12. The monoisotopic (exact) mass is 110 g/mol. The Hall–Kier alpha value is 0.367. The minimum atomic E-state index is -2.50. The molecule has 0 amide bonds. The van der Waals surface area contributed by atoms with Gasteiger partial charge in [-0.15, -0.1) is 0 Å². The molecule has 5 heavy (non-hydrogen) atoms. The number of hydrogen-bond acceptors (Lipinski definition) is 1. The smallest absolute Gasteiger partial charge is 0.169 e. The second-order valence-corrected chi connectivity index (χ2v) is 7.37. The molecular weight excluding hydrogens is 103 g/mol. The van der Waals surface area contributed by atoms with Crippen molar-refractivity contribution < 1.29 is 4.57 Å². The summed E-state index contributed by atoms with van der Waals surface area (Å²) < 4.78 is 9.83. The fraction of sp³-hybridized carbons (Fsp3) is 0. The van der Waals surface area contributed by atoms with Crippen LogP contribution >= 0.6 is 6.99 Å². The first-order valence-corrected chi connectivity index (χ1v) is 6.12. The first kappa shape index (κ1) is 5.37. The molecule has 4 N–H and O–H groups in total. The van der Waals surface area contributed by atoms with E-state index < -0.39 is 6.99 Å². The van der Waals surface area contributed by atoms with Gasteiger partial charge in [0.25, 0.3) is 0 Å². The molecule has 0 rings (SSSR count). The van der Waals surface area contributed by atoms with Crippen LogP contribution in [0.5, 0.6) is 0 Å². The summed E-state index contributed by atoms with van der Waals surface area (Å²) in [7, 11) is 0.419. The summed E-state index contributed by atoms with van der Waals surface area (Å²) in [6, 6.07) is 0. The van der Waals surface area contributed by atoms with Crippen molar-refractivity contribution in [2.24, 2.45) is 11.0 Å². The van der Waals surface area contributed by atoms with Crippen LogP contribution in [0.2, 0.25) is 0 Å². The Morgan fingerprint density at radius 3 is 1.60 bits per heavy atom. The fourth-order valence-electron chi connectivity index (χ4n) is 0. The Kier molecular flexibility index (Phi) is 1.31. The van der Waals surface area contributed by atoms with Crippen molar-refractivity contribution in [3.63, 3.8) is 0 Å². The minimum Gasteiger partial charge on any atom is -0.297 e. The quantitative estimate of drug-likeness (QED) is 0.291. The molecule has 0 radical (unpaired) electrons. The van der Waals surface area contributed by atoms with Crippen molar-refractivity contribution in [1.82, 2.24) is 0 Å². The Morgan fingerprint density at radius 2 is 1.60 bits per heavy atom. The standard InChI is InChI=1S/H7N2OPSi/c1-4(2,3)5/h5H3,(H4,1,2,3). The molecule has 5 heteroatoms. The van der Waals surface area contributed by atoms with E-state index in [-0.39, 0.29) is 0 Å². The van der Waals surface area contributed by atoms with Gasteiger partial charge in [-0.2, -0.15) is 0 Å². The van der Waals surface area contributed by atoms with Gasteiger partial charge >= 0.3 is 0 Å². The fourth-order valence-corrected chi connectivity index (χ4v) is 0. The van der Waals surface area contributed by atoms with Crippen LogP contribution in [0.25, 0.3) is 0 Å². The van der Waals surface area contributed by atoms with Crippen LogP contribution in [-0.2, 0) is 4.57 Å². The van der Waals surface area contributed by atoms with Gasteiger partial charge in [0.05, 0.1) is 0 Å². The average molecular weight is 110 g/mol. The summed E-state index contributed by atoms with van der Waals surface area (Å²) in [5.41, 5.74) is 9.50. The topological polar surface area (TPSA) is 69.1 Å². The Bertz CT molecular complexity index is 55.8. The van der Waals surface area contributed by atoms with Crippen molar-refractivity contribution in [2.75, 3.05) is 0 Å². The van der Waals surface area contributed by atoms with Gasteiger partial charge in [0.1, 0.15) is 9.91 Å². The SMILES string of the molecule is NP(N)(=O)[SiH3]. The zero-order chi connectivity index (χ0) is 4.50. The number of hydrogen-bond donors (Lipinski definition) is 2. The van der Waals surface area contributed by atoms with E-state index in [2.05, 4.69) is 0 Å². The predicted molar refractivity (Wildman–Crippen MR) is 25.9 cm³/mol. The summed E-state index contributed by atoms with van der Waals surface area (Å²) >= 11 is 0. The van der Waals surface area contributed by atoms with Crippen molar-refractivity contribution in [2.45, 2.75) is 0 Å². The summed E-state index contributed by atoms with van der Waals surface area (Å²) in [4.78, 5) is 0. The molecule has 0 aliphatic rings. The third-order valence-corrected chi connectivity index (χ3v) is 0. The van der Waals surface area contributed by atoms with Crippen molar-refractivity contribution in [3.8, 4) is 0 Å². The Balaban J connectivity index is 3.47. The maximum atomic E-state index is 9.83. The van der Waals surface area contributed by atoms with Crippen molar-refractivity contribution in [3.05, 3.63) is 0 Å². The molecule has 0 saturated carbocycles. The van der Waals surface area contributed by atoms with Crippen LogP contribution < -0.4 is 11.0 Å². The Morgan fingerprint density at radius 1 is 1.60 bits per heavy atom. The zero-order valence-electron chi connectivity index (χ0n) is 3.01. The molecule has 0 saturated heterocycles. The maximum absolute atomic E-state index is 9.83. The van der Waals surface area contributed by atoms with Crippen molar-refractivity contribution >= 4 is 16.9 Å². The van der Waals surface area contributed by atoms with Crippen LogP contribution in [0.3, 0.4) is 0 Å². The number of nitrogens with two attached hydrogens (primary N) is 2. The van der Waals surface area contributed by atoms with Gasteiger partial charge in [-0.25, -0.2) is 0 Å². The molecule has 0 atom stereocenters. The first-order valence-electron chi connectivity index (χ1n) is 1.15. The third-order valence-electron chi connectivity index (χ3n) is 0. The summed E-state index contributed by atoms with van der Waals surface area (Å²) in [6.07, 6.45) is 0. The maximum Gasteiger partial charge on any atom is 0.169 e. The third kappa shape index (κ3) is 182. The summed E-state index contributed by atoms with van der Waals surface area (Å²) in [5.74, 6) is 0. The van der Waals surface area contributed by atoms with Crippen LogP contribution in [0.1, 0.15) is 0 Å². The molecule has 0 aliphatic carbocycles.